The molecule has 0 radical (unpaired) electrons. The molecule has 4 aromatic rings. The molecule has 7 heterocycles. The topological polar surface area (TPSA) is 272 Å². The van der Waals surface area contributed by atoms with E-state index >= 15 is 4.39 Å². The summed E-state index contributed by atoms with van der Waals surface area (Å²) in [7, 11) is -9.74. The minimum Gasteiger partial charge on any atom is -0.756 e. The first-order valence-electron chi connectivity index (χ1n) is 12.6. The molecular formula is C20H22FN11O9PS-. The molecule has 43 heavy (non-hydrogen) atoms. The van der Waals surface area contributed by atoms with E-state index in [1.807, 2.05) is 0 Å². The zero-order chi connectivity index (χ0) is 30.1. The smallest absolute Gasteiger partial charge is 0.336 e. The van der Waals surface area contributed by atoms with Crippen molar-refractivity contribution >= 4 is 52.1 Å². The quantitative estimate of drug-likeness (QED) is 0.209. The summed E-state index contributed by atoms with van der Waals surface area (Å²) in [5.74, 6) is 0.139. The fraction of sp³-hybridized carbons (Fsp3) is 0.500. The monoisotopic (exact) mass is 642 g/mol. The minimum absolute atomic E-state index is 0.0240. The molecule has 3 saturated heterocycles. The van der Waals surface area contributed by atoms with Crippen LogP contribution < -0.4 is 21.1 Å². The van der Waals surface area contributed by atoms with Crippen LogP contribution in [0.4, 0.5) is 16.0 Å². The van der Waals surface area contributed by atoms with Crippen molar-refractivity contribution in [3.05, 3.63) is 25.3 Å². The number of phosphoric acid groups is 1. The number of halogens is 1. The van der Waals surface area contributed by atoms with Gasteiger partial charge in [0.15, 0.2) is 35.3 Å². The molecule has 3 aliphatic heterocycles. The molecule has 8 atom stereocenters. The van der Waals surface area contributed by atoms with E-state index in [4.69, 9.17) is 34.2 Å². The zero-order valence-electron chi connectivity index (χ0n) is 21.6. The maximum absolute atomic E-state index is 15.8. The van der Waals surface area contributed by atoms with Crippen molar-refractivity contribution < 1.29 is 45.0 Å². The highest BCUT2D eigenvalue weighted by Gasteiger charge is 2.50. The molecule has 5 N–H and O–H groups in total. The Morgan fingerprint density at radius 1 is 0.953 bits per heavy atom. The minimum atomic E-state index is -5.22. The summed E-state index contributed by atoms with van der Waals surface area (Å²) in [4.78, 5) is 37.0. The number of fused-ring (bicyclic) bond motifs is 4. The van der Waals surface area contributed by atoms with Crippen LogP contribution in [0.3, 0.4) is 0 Å². The van der Waals surface area contributed by atoms with Crippen molar-refractivity contribution in [3.63, 3.8) is 0 Å². The maximum atomic E-state index is 15.8. The van der Waals surface area contributed by atoms with Gasteiger partial charge in [0.1, 0.15) is 54.3 Å². The summed E-state index contributed by atoms with van der Waals surface area (Å²) in [6.07, 6.45) is -5.48. The summed E-state index contributed by atoms with van der Waals surface area (Å²) in [5.41, 5.74) is 12.5. The van der Waals surface area contributed by atoms with E-state index in [0.29, 0.717) is 5.65 Å². The van der Waals surface area contributed by atoms with Crippen LogP contribution in [0.2, 0.25) is 0 Å². The van der Waals surface area contributed by atoms with Gasteiger partial charge in [-0.25, -0.2) is 34.3 Å². The molecule has 23 heteroatoms. The molecule has 0 aromatic carbocycles. The summed E-state index contributed by atoms with van der Waals surface area (Å²) in [5, 5.41) is 0. The lowest BCUT2D eigenvalue weighted by Gasteiger charge is -2.31. The van der Waals surface area contributed by atoms with Gasteiger partial charge in [-0.15, -0.1) is 0 Å². The summed E-state index contributed by atoms with van der Waals surface area (Å²) >= 11 is 0. The Hall–Kier alpha value is -3.47. The standard InChI is InChI=1S/C20H23FN11O9PS/c21-12-15-9(39-20(12)32-7-29-14-17(23)25-5-27-19(14)32)2-30-43(35,36)41-8-1-11(38-10(8)3-37-42(33,34)40-15)31-6-28-13-16(22)24-4-26-18(13)31/h4-12,15,20,30H,1-3H2,(H,33,34)(H2,22,24,26)(H2,23,25,27)/p-1/t8-,9+,10+,11+,12+,15+,20+/m0/s1. The molecule has 3 fully saturated rings. The van der Waals surface area contributed by atoms with Gasteiger partial charge in [0.25, 0.3) is 7.82 Å². The number of aromatic nitrogens is 8. The molecule has 0 bridgehead atoms. The van der Waals surface area contributed by atoms with E-state index in [2.05, 4.69) is 34.6 Å². The number of hydrogen-bond acceptors (Lipinski definition) is 17. The molecule has 0 saturated carbocycles. The van der Waals surface area contributed by atoms with Gasteiger partial charge in [0, 0.05) is 13.0 Å². The largest absolute Gasteiger partial charge is 0.756 e. The van der Waals surface area contributed by atoms with Gasteiger partial charge in [0.2, 0.25) is 0 Å². The van der Waals surface area contributed by atoms with Crippen LogP contribution in [0, 0.1) is 0 Å². The average molecular weight is 643 g/mol. The molecule has 230 valence electrons. The third-order valence-electron chi connectivity index (χ3n) is 7.17. The highest BCUT2D eigenvalue weighted by molar-refractivity contribution is 7.84. The number of nitrogens with two attached hydrogens (primary N) is 2. The van der Waals surface area contributed by atoms with Gasteiger partial charge in [-0.3, -0.25) is 17.9 Å². The Bertz CT molecular complexity index is 1860. The van der Waals surface area contributed by atoms with Crippen molar-refractivity contribution in [2.24, 2.45) is 0 Å². The van der Waals surface area contributed by atoms with Gasteiger partial charge in [-0.05, 0) is 0 Å². The number of imidazole rings is 2. The van der Waals surface area contributed by atoms with Crippen molar-refractivity contribution in [1.82, 2.24) is 43.8 Å². The number of ether oxygens (including phenoxy) is 2. The lowest BCUT2D eigenvalue weighted by molar-refractivity contribution is -0.235. The second kappa shape index (κ2) is 10.3. The first kappa shape index (κ1) is 28.3. The second-order valence-electron chi connectivity index (χ2n) is 9.79. The highest BCUT2D eigenvalue weighted by atomic mass is 32.2. The number of anilines is 2. The molecule has 0 spiro atoms. The van der Waals surface area contributed by atoms with E-state index in [9.17, 15) is 17.9 Å². The fourth-order valence-electron chi connectivity index (χ4n) is 5.19. The Morgan fingerprint density at radius 3 is 2.30 bits per heavy atom. The molecular weight excluding hydrogens is 620 g/mol. The molecule has 7 rings (SSSR count). The van der Waals surface area contributed by atoms with Crippen molar-refractivity contribution in [2.45, 2.75) is 49.5 Å². The van der Waals surface area contributed by atoms with Gasteiger partial charge in [-0.1, -0.05) is 0 Å². The van der Waals surface area contributed by atoms with Crippen LogP contribution in [-0.2, 0) is 37.6 Å². The highest BCUT2D eigenvalue weighted by Crippen LogP contribution is 2.47. The Morgan fingerprint density at radius 2 is 1.60 bits per heavy atom. The maximum Gasteiger partial charge on any atom is 0.336 e. The number of nitrogens with zero attached hydrogens (tertiary/aromatic N) is 8. The molecule has 20 nitrogen and oxygen atoms in total. The predicted octanol–water partition coefficient (Wildman–Crippen LogP) is -1.54. The predicted molar refractivity (Wildman–Crippen MR) is 137 cm³/mol. The number of nitrogens with one attached hydrogen (secondary N) is 1. The van der Waals surface area contributed by atoms with Gasteiger partial charge in [-0.2, -0.15) is 13.1 Å². The lowest BCUT2D eigenvalue weighted by Crippen LogP contribution is -2.44. The molecule has 0 amide bonds. The normalized spacial score (nSPS) is 34.9. The summed E-state index contributed by atoms with van der Waals surface area (Å²) in [6, 6.07) is 0. The van der Waals surface area contributed by atoms with E-state index in [1.54, 1.807) is 0 Å². The van der Waals surface area contributed by atoms with Crippen LogP contribution in [0.5, 0.6) is 0 Å². The summed E-state index contributed by atoms with van der Waals surface area (Å²) < 4.78 is 86.6. The first-order valence-corrected chi connectivity index (χ1v) is 15.5. The Balaban J connectivity index is 1.15. The molecule has 0 aliphatic carbocycles. The van der Waals surface area contributed by atoms with Crippen LogP contribution in [0.25, 0.3) is 22.3 Å². The van der Waals surface area contributed by atoms with Gasteiger partial charge >= 0.3 is 10.3 Å². The fourth-order valence-corrected chi connectivity index (χ4v) is 7.10. The number of nitrogen functional groups attached to an aromatic ring is 2. The number of alkyl halides is 1. The average Bonchev–Trinajstić information content (AvgIpc) is 3.72. The zero-order valence-corrected chi connectivity index (χ0v) is 23.3. The van der Waals surface area contributed by atoms with Crippen LogP contribution in [-0.4, -0.2) is 91.2 Å². The SMILES string of the molecule is Nc1ncnc2c1ncn2[C@@H]1O[C@@H]2CNS(=O)(=O)O[C@H]3C[C@H](n4cnc5c(N)ncnc54)O[C@@H]3COP(=O)([O-])O[C@H]2[C@H]1F. The van der Waals surface area contributed by atoms with Gasteiger partial charge < -0.3 is 34.9 Å². The van der Waals surface area contributed by atoms with Crippen molar-refractivity contribution in [1.29, 1.82) is 0 Å². The first-order chi connectivity index (χ1) is 20.5. The van der Waals surface area contributed by atoms with Crippen LogP contribution in [0.15, 0.2) is 25.3 Å². The number of phosphoric ester groups is 1. The lowest BCUT2D eigenvalue weighted by atomic mass is 10.1. The number of hydrogen-bond donors (Lipinski definition) is 3. The molecule has 4 aromatic heterocycles. The van der Waals surface area contributed by atoms with Crippen LogP contribution >= 0.6 is 7.82 Å². The van der Waals surface area contributed by atoms with Crippen molar-refractivity contribution in [2.75, 3.05) is 24.6 Å². The van der Waals surface area contributed by atoms with Crippen LogP contribution in [0.1, 0.15) is 18.9 Å². The second-order valence-corrected chi connectivity index (χ2v) is 12.5. The third kappa shape index (κ3) is 5.09. The summed E-state index contributed by atoms with van der Waals surface area (Å²) in [6.45, 7) is -1.35. The Labute approximate surface area is 240 Å². The Kier molecular flexibility index (Phi) is 6.79. The van der Waals surface area contributed by atoms with E-state index < -0.39 is 74.3 Å². The van der Waals surface area contributed by atoms with E-state index in [-0.39, 0.29) is 34.7 Å². The van der Waals surface area contributed by atoms with E-state index in [1.165, 1.54) is 28.1 Å². The van der Waals surface area contributed by atoms with Gasteiger partial charge in [0.05, 0.1) is 19.3 Å². The van der Waals surface area contributed by atoms with Crippen molar-refractivity contribution in [3.8, 4) is 0 Å². The molecule has 3 aliphatic rings. The molecule has 1 unspecified atom stereocenters. The van der Waals surface area contributed by atoms with E-state index in [0.717, 1.165) is 6.33 Å². The third-order valence-corrected chi connectivity index (χ3v) is 9.15. The number of rotatable bonds is 2.